The zero-order chi connectivity index (χ0) is 18.4. The Morgan fingerprint density at radius 1 is 1.08 bits per heavy atom. The third kappa shape index (κ3) is 3.52. The second-order valence-corrected chi connectivity index (χ2v) is 8.89. The molecule has 3 rings (SSSR count). The Hall–Kier alpha value is -2.38. The number of anilines is 1. The van der Waals surface area contributed by atoms with E-state index in [9.17, 15) is 8.42 Å². The zero-order valence-electron chi connectivity index (χ0n) is 14.7. The van der Waals surface area contributed by atoms with Gasteiger partial charge < -0.3 is 5.73 Å². The van der Waals surface area contributed by atoms with Crippen molar-refractivity contribution in [2.45, 2.75) is 38.1 Å². The molecule has 0 aliphatic heterocycles. The topological polar surface area (TPSA) is 101 Å². The molecule has 0 aliphatic rings. The molecular weight excluding hydrogens is 336 g/mol. The van der Waals surface area contributed by atoms with E-state index in [0.717, 1.165) is 27.6 Å². The number of nitrogens with two attached hydrogens (primary N) is 1. The van der Waals surface area contributed by atoms with E-state index in [0.29, 0.717) is 5.82 Å². The molecule has 1 heterocycles. The normalized spacial score (nSPS) is 12.6. The minimum absolute atomic E-state index is 0.242. The predicted octanol–water partition coefficient (Wildman–Crippen LogP) is 3.20. The monoisotopic (exact) mass is 358 g/mol. The van der Waals surface area contributed by atoms with Gasteiger partial charge in [-0.15, -0.1) is 0 Å². The average molecular weight is 358 g/mol. The number of rotatable bonds is 3. The van der Waals surface area contributed by atoms with Gasteiger partial charge in [0.2, 0.25) is 10.0 Å². The van der Waals surface area contributed by atoms with Crippen molar-refractivity contribution in [1.82, 2.24) is 14.9 Å². The first-order chi connectivity index (χ1) is 11.6. The van der Waals surface area contributed by atoms with E-state index in [2.05, 4.69) is 14.9 Å². The van der Waals surface area contributed by atoms with Crippen LogP contribution >= 0.6 is 0 Å². The average Bonchev–Trinajstić information content (AvgIpc) is 2.87. The van der Waals surface area contributed by atoms with Crippen molar-refractivity contribution in [3.63, 3.8) is 0 Å². The molecule has 0 amide bonds. The third-order valence-electron chi connectivity index (χ3n) is 3.84. The first kappa shape index (κ1) is 17.4. The van der Waals surface area contributed by atoms with Gasteiger partial charge in [0.05, 0.1) is 10.4 Å². The fourth-order valence-electron chi connectivity index (χ4n) is 2.77. The Bertz CT molecular complexity index is 1030. The number of fused-ring (bicyclic) bond motifs is 1. The molecule has 0 aliphatic carbocycles. The lowest BCUT2D eigenvalue weighted by molar-refractivity contribution is 0.491. The molecule has 25 heavy (non-hydrogen) atoms. The molecule has 0 spiro atoms. The van der Waals surface area contributed by atoms with Gasteiger partial charge >= 0.3 is 0 Å². The number of nitrogen functional groups attached to an aromatic ring is 1. The molecule has 0 radical (unpaired) electrons. The number of nitrogens with zero attached hydrogens (tertiary/aromatic N) is 1. The van der Waals surface area contributed by atoms with E-state index in [-0.39, 0.29) is 4.90 Å². The highest BCUT2D eigenvalue weighted by molar-refractivity contribution is 7.89. The molecule has 2 aromatic carbocycles. The van der Waals surface area contributed by atoms with Gasteiger partial charge in [-0.1, -0.05) is 12.1 Å². The lowest BCUT2D eigenvalue weighted by Gasteiger charge is -2.20. The maximum atomic E-state index is 12.4. The molecule has 0 bridgehead atoms. The van der Waals surface area contributed by atoms with Gasteiger partial charge in [-0.3, -0.25) is 5.10 Å². The van der Waals surface area contributed by atoms with Crippen LogP contribution in [0.2, 0.25) is 0 Å². The highest BCUT2D eigenvalue weighted by Gasteiger charge is 2.21. The van der Waals surface area contributed by atoms with Gasteiger partial charge in [0.15, 0.2) is 5.82 Å². The molecule has 0 fully saturated rings. The van der Waals surface area contributed by atoms with E-state index < -0.39 is 15.6 Å². The number of aromatic nitrogens is 2. The van der Waals surface area contributed by atoms with E-state index in [1.54, 1.807) is 24.3 Å². The van der Waals surface area contributed by atoms with Crippen molar-refractivity contribution in [3.8, 4) is 11.1 Å². The summed E-state index contributed by atoms with van der Waals surface area (Å²) in [6, 6.07) is 10.8. The second kappa shape index (κ2) is 5.86. The number of H-pyrrole nitrogens is 1. The summed E-state index contributed by atoms with van der Waals surface area (Å²) in [6.45, 7) is 7.42. The molecule has 0 saturated heterocycles. The maximum absolute atomic E-state index is 12.4. The van der Waals surface area contributed by atoms with Crippen LogP contribution in [-0.4, -0.2) is 24.2 Å². The van der Waals surface area contributed by atoms with Gasteiger partial charge in [0.25, 0.3) is 0 Å². The van der Waals surface area contributed by atoms with Crippen LogP contribution in [-0.2, 0) is 10.0 Å². The summed E-state index contributed by atoms with van der Waals surface area (Å²) in [5.74, 6) is 0.452. The number of hydrogen-bond acceptors (Lipinski definition) is 4. The van der Waals surface area contributed by atoms with Crippen molar-refractivity contribution in [3.05, 3.63) is 42.0 Å². The summed E-state index contributed by atoms with van der Waals surface area (Å²) in [6.07, 6.45) is 0. The standard InChI is InChI=1S/C18H22N4O2S/c1-11-9-13(10-15-16(11)20-21-17(15)19)12-5-7-14(8-6-12)25(23,24)22-18(2,3)4/h5-10,22H,1-4H3,(H3,19,20,21). The molecule has 6 nitrogen and oxygen atoms in total. The molecule has 0 saturated carbocycles. The summed E-state index contributed by atoms with van der Waals surface area (Å²) in [5, 5.41) is 7.82. The summed E-state index contributed by atoms with van der Waals surface area (Å²) in [4.78, 5) is 0.242. The fraction of sp³-hybridized carbons (Fsp3) is 0.278. The smallest absolute Gasteiger partial charge is 0.241 e. The molecule has 132 valence electrons. The first-order valence-corrected chi connectivity index (χ1v) is 9.44. The minimum Gasteiger partial charge on any atom is -0.382 e. The highest BCUT2D eigenvalue weighted by Crippen LogP contribution is 2.29. The number of hydrogen-bond donors (Lipinski definition) is 3. The number of aromatic amines is 1. The lowest BCUT2D eigenvalue weighted by Crippen LogP contribution is -2.40. The van der Waals surface area contributed by atoms with Gasteiger partial charge in [0.1, 0.15) is 0 Å². The summed E-state index contributed by atoms with van der Waals surface area (Å²) < 4.78 is 27.4. The number of aryl methyl sites for hydroxylation is 1. The van der Waals surface area contributed by atoms with Crippen molar-refractivity contribution in [2.24, 2.45) is 0 Å². The minimum atomic E-state index is -3.54. The van der Waals surface area contributed by atoms with Gasteiger partial charge in [-0.25, -0.2) is 13.1 Å². The SMILES string of the molecule is Cc1cc(-c2ccc(S(=O)(=O)NC(C)(C)C)cc2)cc2c(N)n[nH]c12. The summed E-state index contributed by atoms with van der Waals surface area (Å²) in [5.41, 5.74) is 9.20. The summed E-state index contributed by atoms with van der Waals surface area (Å²) in [7, 11) is -3.54. The Kier molecular flexibility index (Phi) is 4.09. The van der Waals surface area contributed by atoms with Crippen LogP contribution in [0.5, 0.6) is 0 Å². The lowest BCUT2D eigenvalue weighted by atomic mass is 10.0. The largest absolute Gasteiger partial charge is 0.382 e. The van der Waals surface area contributed by atoms with Crippen LogP contribution in [0, 0.1) is 6.92 Å². The molecule has 1 aromatic heterocycles. The third-order valence-corrected chi connectivity index (χ3v) is 5.61. The van der Waals surface area contributed by atoms with Gasteiger partial charge in [-0.2, -0.15) is 5.10 Å². The van der Waals surface area contributed by atoms with Crippen LogP contribution < -0.4 is 10.5 Å². The molecule has 0 unspecified atom stereocenters. The number of benzene rings is 2. The van der Waals surface area contributed by atoms with Crippen molar-refractivity contribution >= 4 is 26.7 Å². The Morgan fingerprint density at radius 3 is 2.32 bits per heavy atom. The summed E-state index contributed by atoms with van der Waals surface area (Å²) >= 11 is 0. The van der Waals surface area contributed by atoms with Crippen LogP contribution in [0.4, 0.5) is 5.82 Å². The predicted molar refractivity (Wildman–Crippen MR) is 101 cm³/mol. The van der Waals surface area contributed by atoms with Crippen molar-refractivity contribution in [1.29, 1.82) is 0 Å². The van der Waals surface area contributed by atoms with Gasteiger partial charge in [-0.05, 0) is 68.7 Å². The Labute approximate surface area is 147 Å². The molecule has 0 atom stereocenters. The highest BCUT2D eigenvalue weighted by atomic mass is 32.2. The molecule has 3 aromatic rings. The van der Waals surface area contributed by atoms with E-state index in [4.69, 9.17) is 5.73 Å². The van der Waals surface area contributed by atoms with Crippen molar-refractivity contribution < 1.29 is 8.42 Å². The molecule has 4 N–H and O–H groups in total. The Balaban J connectivity index is 1.99. The quantitative estimate of drug-likeness (QED) is 0.669. The fourth-order valence-corrected chi connectivity index (χ4v) is 4.19. The number of nitrogens with one attached hydrogen (secondary N) is 2. The van der Waals surface area contributed by atoms with E-state index in [1.165, 1.54) is 0 Å². The van der Waals surface area contributed by atoms with Crippen LogP contribution in [0.3, 0.4) is 0 Å². The molecular formula is C18H22N4O2S. The Morgan fingerprint density at radius 2 is 1.72 bits per heavy atom. The van der Waals surface area contributed by atoms with E-state index >= 15 is 0 Å². The molecule has 7 heteroatoms. The van der Waals surface area contributed by atoms with Gasteiger partial charge in [0, 0.05) is 10.9 Å². The van der Waals surface area contributed by atoms with Crippen LogP contribution in [0.25, 0.3) is 22.0 Å². The van der Waals surface area contributed by atoms with Crippen LogP contribution in [0.15, 0.2) is 41.3 Å². The number of sulfonamides is 1. The van der Waals surface area contributed by atoms with Crippen molar-refractivity contribution in [2.75, 3.05) is 5.73 Å². The second-order valence-electron chi connectivity index (χ2n) is 7.20. The first-order valence-electron chi connectivity index (χ1n) is 7.95. The maximum Gasteiger partial charge on any atom is 0.241 e. The van der Waals surface area contributed by atoms with Crippen LogP contribution in [0.1, 0.15) is 26.3 Å². The van der Waals surface area contributed by atoms with E-state index in [1.807, 2.05) is 39.8 Å². The zero-order valence-corrected chi connectivity index (χ0v) is 15.5.